The number of aromatic nitrogens is 2. The molecule has 0 spiro atoms. The van der Waals surface area contributed by atoms with Gasteiger partial charge in [-0.2, -0.15) is 13.2 Å². The number of fused-ring (bicyclic) bond motifs is 1. The van der Waals surface area contributed by atoms with Crippen molar-refractivity contribution in [3.8, 4) is 22.6 Å². The van der Waals surface area contributed by atoms with Crippen LogP contribution in [0, 0.1) is 0 Å². The Balaban J connectivity index is 1.91. The molecule has 4 rings (SSSR count). The third-order valence-electron chi connectivity index (χ3n) is 4.18. The fourth-order valence-electron chi connectivity index (χ4n) is 2.85. The van der Waals surface area contributed by atoms with Crippen molar-refractivity contribution in [3.63, 3.8) is 0 Å². The number of benzene rings is 3. The SMILES string of the molecule is FC(F)(F)c1ccc(-c2nc(-c3ccccc3)c3cc(Cl)ccc3n2)cc1. The van der Waals surface area contributed by atoms with Gasteiger partial charge in [0.25, 0.3) is 0 Å². The largest absolute Gasteiger partial charge is 0.416 e. The molecule has 0 amide bonds. The Bertz CT molecular complexity index is 1110. The Hall–Kier alpha value is -2.92. The summed E-state index contributed by atoms with van der Waals surface area (Å²) in [5.74, 6) is 0.359. The van der Waals surface area contributed by atoms with E-state index < -0.39 is 11.7 Å². The first-order valence-electron chi connectivity index (χ1n) is 8.12. The van der Waals surface area contributed by atoms with E-state index in [4.69, 9.17) is 11.6 Å². The Morgan fingerprint density at radius 1 is 0.741 bits per heavy atom. The molecule has 2 nitrogen and oxygen atoms in total. The monoisotopic (exact) mass is 384 g/mol. The molecule has 27 heavy (non-hydrogen) atoms. The number of hydrogen-bond donors (Lipinski definition) is 0. The average Bonchev–Trinajstić information content (AvgIpc) is 2.67. The lowest BCUT2D eigenvalue weighted by molar-refractivity contribution is -0.137. The van der Waals surface area contributed by atoms with Gasteiger partial charge < -0.3 is 0 Å². The van der Waals surface area contributed by atoms with Gasteiger partial charge in [-0.25, -0.2) is 9.97 Å². The van der Waals surface area contributed by atoms with Crippen molar-refractivity contribution in [1.82, 2.24) is 9.97 Å². The van der Waals surface area contributed by atoms with Crippen molar-refractivity contribution in [3.05, 3.63) is 83.4 Å². The van der Waals surface area contributed by atoms with Gasteiger partial charge in [-0.15, -0.1) is 0 Å². The van der Waals surface area contributed by atoms with Crippen LogP contribution in [0.2, 0.25) is 5.02 Å². The Kier molecular flexibility index (Phi) is 4.32. The van der Waals surface area contributed by atoms with Gasteiger partial charge >= 0.3 is 6.18 Å². The molecule has 0 aliphatic rings. The Labute approximate surface area is 158 Å². The molecule has 1 heterocycles. The zero-order chi connectivity index (χ0) is 19.0. The Morgan fingerprint density at radius 3 is 2.11 bits per heavy atom. The minimum absolute atomic E-state index is 0.359. The molecule has 0 saturated heterocycles. The predicted molar refractivity (Wildman–Crippen MR) is 100 cm³/mol. The van der Waals surface area contributed by atoms with Gasteiger partial charge in [-0.05, 0) is 30.3 Å². The second kappa shape index (κ2) is 6.67. The van der Waals surface area contributed by atoms with E-state index >= 15 is 0 Å². The molecule has 0 atom stereocenters. The van der Waals surface area contributed by atoms with Crippen LogP contribution in [0.3, 0.4) is 0 Å². The summed E-state index contributed by atoms with van der Waals surface area (Å²) >= 11 is 6.13. The van der Waals surface area contributed by atoms with Crippen LogP contribution < -0.4 is 0 Å². The lowest BCUT2D eigenvalue weighted by Gasteiger charge is -2.11. The molecule has 0 radical (unpaired) electrons. The molecule has 0 N–H and O–H groups in total. The first kappa shape index (κ1) is 17.5. The number of hydrogen-bond acceptors (Lipinski definition) is 2. The molecule has 4 aromatic rings. The van der Waals surface area contributed by atoms with Gasteiger partial charge in [-0.3, -0.25) is 0 Å². The summed E-state index contributed by atoms with van der Waals surface area (Å²) in [7, 11) is 0. The third-order valence-corrected chi connectivity index (χ3v) is 4.41. The van der Waals surface area contributed by atoms with Gasteiger partial charge in [-0.1, -0.05) is 54.1 Å². The van der Waals surface area contributed by atoms with E-state index in [0.29, 0.717) is 27.6 Å². The van der Waals surface area contributed by atoms with Crippen molar-refractivity contribution < 1.29 is 13.2 Å². The zero-order valence-corrected chi connectivity index (χ0v) is 14.6. The zero-order valence-electron chi connectivity index (χ0n) is 13.8. The quantitative estimate of drug-likeness (QED) is 0.387. The van der Waals surface area contributed by atoms with E-state index in [9.17, 15) is 13.2 Å². The molecule has 0 unspecified atom stereocenters. The summed E-state index contributed by atoms with van der Waals surface area (Å²) in [6.07, 6.45) is -4.38. The second-order valence-electron chi connectivity index (χ2n) is 6.00. The van der Waals surface area contributed by atoms with Gasteiger partial charge in [0.05, 0.1) is 16.8 Å². The average molecular weight is 385 g/mol. The molecule has 1 aromatic heterocycles. The van der Waals surface area contributed by atoms with E-state index in [2.05, 4.69) is 9.97 Å². The summed E-state index contributed by atoms with van der Waals surface area (Å²) in [5.41, 5.74) is 2.03. The molecular weight excluding hydrogens is 373 g/mol. The summed E-state index contributed by atoms with van der Waals surface area (Å²) in [4.78, 5) is 9.14. The maximum Gasteiger partial charge on any atom is 0.416 e. The van der Waals surface area contributed by atoms with Crippen LogP contribution in [0.1, 0.15) is 5.56 Å². The maximum atomic E-state index is 12.8. The van der Waals surface area contributed by atoms with Gasteiger partial charge in [0.2, 0.25) is 0 Å². The smallest absolute Gasteiger partial charge is 0.228 e. The lowest BCUT2D eigenvalue weighted by atomic mass is 10.1. The summed E-state index contributed by atoms with van der Waals surface area (Å²) in [5, 5.41) is 1.34. The molecule has 0 saturated carbocycles. The Morgan fingerprint density at radius 2 is 1.44 bits per heavy atom. The van der Waals surface area contributed by atoms with Gasteiger partial charge in [0.15, 0.2) is 5.82 Å². The molecule has 3 aromatic carbocycles. The highest BCUT2D eigenvalue weighted by Gasteiger charge is 2.30. The highest BCUT2D eigenvalue weighted by molar-refractivity contribution is 6.31. The van der Waals surface area contributed by atoms with Crippen LogP contribution in [-0.4, -0.2) is 9.97 Å². The number of halogens is 4. The van der Waals surface area contributed by atoms with Crippen LogP contribution in [0.25, 0.3) is 33.5 Å². The van der Waals surface area contributed by atoms with E-state index in [1.165, 1.54) is 12.1 Å². The van der Waals surface area contributed by atoms with Crippen molar-refractivity contribution in [2.45, 2.75) is 6.18 Å². The second-order valence-corrected chi connectivity index (χ2v) is 6.43. The van der Waals surface area contributed by atoms with E-state index in [1.807, 2.05) is 30.3 Å². The van der Waals surface area contributed by atoms with Crippen LogP contribution in [0.5, 0.6) is 0 Å². The van der Waals surface area contributed by atoms with E-state index in [1.54, 1.807) is 18.2 Å². The molecule has 0 fully saturated rings. The highest BCUT2D eigenvalue weighted by atomic mass is 35.5. The van der Waals surface area contributed by atoms with Crippen molar-refractivity contribution >= 4 is 22.5 Å². The molecule has 134 valence electrons. The lowest BCUT2D eigenvalue weighted by Crippen LogP contribution is -2.04. The minimum atomic E-state index is -4.38. The topological polar surface area (TPSA) is 25.8 Å². The summed E-state index contributed by atoms with van der Waals surface area (Å²) < 4.78 is 38.4. The summed E-state index contributed by atoms with van der Waals surface area (Å²) in [6, 6.07) is 19.6. The van der Waals surface area contributed by atoms with Crippen molar-refractivity contribution in [1.29, 1.82) is 0 Å². The normalized spacial score (nSPS) is 11.7. The highest BCUT2D eigenvalue weighted by Crippen LogP contribution is 2.33. The number of rotatable bonds is 2. The standard InChI is InChI=1S/C21H12ClF3N2/c22-16-10-11-18-17(12-16)19(13-4-2-1-3-5-13)27-20(26-18)14-6-8-15(9-7-14)21(23,24)25/h1-12H. The first-order chi connectivity index (χ1) is 12.9. The summed E-state index contributed by atoms with van der Waals surface area (Å²) in [6.45, 7) is 0. The molecule has 6 heteroatoms. The van der Waals surface area contributed by atoms with Crippen LogP contribution in [0.15, 0.2) is 72.8 Å². The molecule has 0 aliphatic heterocycles. The number of alkyl halides is 3. The molecular formula is C21H12ClF3N2. The van der Waals surface area contributed by atoms with Crippen molar-refractivity contribution in [2.24, 2.45) is 0 Å². The van der Waals surface area contributed by atoms with E-state index in [-0.39, 0.29) is 0 Å². The first-order valence-corrected chi connectivity index (χ1v) is 8.50. The van der Waals surface area contributed by atoms with Crippen LogP contribution >= 0.6 is 11.6 Å². The minimum Gasteiger partial charge on any atom is -0.228 e. The fourth-order valence-corrected chi connectivity index (χ4v) is 3.03. The van der Waals surface area contributed by atoms with Gasteiger partial charge in [0, 0.05) is 21.5 Å². The van der Waals surface area contributed by atoms with Crippen LogP contribution in [0.4, 0.5) is 13.2 Å². The van der Waals surface area contributed by atoms with Crippen LogP contribution in [-0.2, 0) is 6.18 Å². The number of nitrogens with zero attached hydrogens (tertiary/aromatic N) is 2. The third kappa shape index (κ3) is 3.51. The fraction of sp³-hybridized carbons (Fsp3) is 0.0476. The van der Waals surface area contributed by atoms with Crippen molar-refractivity contribution in [2.75, 3.05) is 0 Å². The maximum absolute atomic E-state index is 12.8. The van der Waals surface area contributed by atoms with Gasteiger partial charge in [0.1, 0.15) is 0 Å². The molecule has 0 bridgehead atoms. The van der Waals surface area contributed by atoms with E-state index in [0.717, 1.165) is 23.1 Å². The predicted octanol–water partition coefficient (Wildman–Crippen LogP) is 6.64. The molecule has 0 aliphatic carbocycles.